The SMILES string of the molecule is CC(=O)NCCNC(=O)[C@H]1C[NH+]2CC[C@@H]1C[C@@H]2Cn1cc(C2(O)CCCCC2)nn1. The Morgan fingerprint density at radius 2 is 2.03 bits per heavy atom. The average molecular weight is 420 g/mol. The minimum atomic E-state index is -0.810. The lowest BCUT2D eigenvalue weighted by Crippen LogP contribution is -3.20. The first-order chi connectivity index (χ1) is 14.4. The van der Waals surface area contributed by atoms with Gasteiger partial charge in [-0.25, -0.2) is 4.68 Å². The van der Waals surface area contributed by atoms with Crippen molar-refractivity contribution in [2.45, 2.75) is 70.1 Å². The highest BCUT2D eigenvalue weighted by molar-refractivity contribution is 5.79. The van der Waals surface area contributed by atoms with Gasteiger partial charge in [0, 0.05) is 32.9 Å². The molecule has 2 bridgehead atoms. The lowest BCUT2D eigenvalue weighted by atomic mass is 9.75. The summed E-state index contributed by atoms with van der Waals surface area (Å²) in [4.78, 5) is 25.0. The average Bonchev–Trinajstić information content (AvgIpc) is 3.21. The van der Waals surface area contributed by atoms with E-state index in [-0.39, 0.29) is 17.7 Å². The van der Waals surface area contributed by atoms with Gasteiger partial charge < -0.3 is 20.6 Å². The van der Waals surface area contributed by atoms with Gasteiger partial charge in [0.2, 0.25) is 11.8 Å². The summed E-state index contributed by atoms with van der Waals surface area (Å²) in [5.41, 5.74) is -0.0973. The fourth-order valence-electron chi connectivity index (χ4n) is 5.59. The summed E-state index contributed by atoms with van der Waals surface area (Å²) in [5.74, 6) is 0.491. The van der Waals surface area contributed by atoms with Crippen LogP contribution >= 0.6 is 0 Å². The molecule has 166 valence electrons. The molecule has 1 unspecified atom stereocenters. The number of fused-ring (bicyclic) bond motifs is 3. The minimum Gasteiger partial charge on any atom is -0.383 e. The highest BCUT2D eigenvalue weighted by atomic mass is 16.3. The molecule has 4 heterocycles. The molecule has 1 aliphatic carbocycles. The summed E-state index contributed by atoms with van der Waals surface area (Å²) in [5, 5.41) is 25.2. The maximum atomic E-state index is 12.6. The van der Waals surface area contributed by atoms with Crippen LogP contribution in [0.4, 0.5) is 0 Å². The zero-order valence-corrected chi connectivity index (χ0v) is 17.9. The van der Waals surface area contributed by atoms with Crippen molar-refractivity contribution in [1.29, 1.82) is 0 Å². The van der Waals surface area contributed by atoms with Crippen LogP contribution in [0.15, 0.2) is 6.20 Å². The Labute approximate surface area is 177 Å². The summed E-state index contributed by atoms with van der Waals surface area (Å²) < 4.78 is 1.89. The van der Waals surface area contributed by atoms with E-state index in [1.54, 1.807) is 0 Å². The van der Waals surface area contributed by atoms with E-state index >= 15 is 0 Å². The van der Waals surface area contributed by atoms with Crippen LogP contribution in [-0.2, 0) is 21.7 Å². The second-order valence-electron chi connectivity index (χ2n) is 9.39. The van der Waals surface area contributed by atoms with E-state index in [2.05, 4.69) is 20.9 Å². The Kier molecular flexibility index (Phi) is 6.38. The van der Waals surface area contributed by atoms with Gasteiger partial charge in [-0.15, -0.1) is 5.10 Å². The van der Waals surface area contributed by atoms with Crippen LogP contribution in [0.25, 0.3) is 0 Å². The summed E-state index contributed by atoms with van der Waals surface area (Å²) in [6.45, 7) is 5.16. The molecule has 4 aliphatic rings. The molecule has 5 rings (SSSR count). The van der Waals surface area contributed by atoms with Crippen LogP contribution in [-0.4, -0.2) is 64.1 Å². The van der Waals surface area contributed by atoms with E-state index in [0.29, 0.717) is 30.7 Å². The predicted molar refractivity (Wildman–Crippen MR) is 109 cm³/mol. The molecule has 0 aromatic carbocycles. The quantitative estimate of drug-likeness (QED) is 0.423. The summed E-state index contributed by atoms with van der Waals surface area (Å²) in [6, 6.07) is 0.433. The van der Waals surface area contributed by atoms with Crippen molar-refractivity contribution in [2.24, 2.45) is 11.8 Å². The number of carbonyl (C=O) groups is 2. The molecule has 1 aromatic heterocycles. The first-order valence-electron chi connectivity index (χ1n) is 11.4. The second kappa shape index (κ2) is 9.01. The molecule has 2 amide bonds. The third-order valence-corrected chi connectivity index (χ3v) is 7.29. The normalized spacial score (nSPS) is 30.1. The number of amides is 2. The summed E-state index contributed by atoms with van der Waals surface area (Å²) in [7, 11) is 0. The number of hydrogen-bond acceptors (Lipinski definition) is 5. The van der Waals surface area contributed by atoms with E-state index in [4.69, 9.17) is 0 Å². The fourth-order valence-corrected chi connectivity index (χ4v) is 5.59. The molecule has 1 aromatic rings. The smallest absolute Gasteiger partial charge is 0.229 e. The first-order valence-corrected chi connectivity index (χ1v) is 11.4. The Morgan fingerprint density at radius 3 is 2.73 bits per heavy atom. The lowest BCUT2D eigenvalue weighted by Gasteiger charge is -2.46. The molecule has 30 heavy (non-hydrogen) atoms. The Balaban J connectivity index is 1.30. The number of piperidine rings is 3. The van der Waals surface area contributed by atoms with Gasteiger partial charge in [0.05, 0.1) is 31.7 Å². The number of nitrogens with one attached hydrogen (secondary N) is 3. The van der Waals surface area contributed by atoms with Gasteiger partial charge in [-0.1, -0.05) is 24.5 Å². The second-order valence-corrected chi connectivity index (χ2v) is 9.39. The molecule has 0 spiro atoms. The van der Waals surface area contributed by atoms with Gasteiger partial charge in [-0.05, 0) is 18.8 Å². The van der Waals surface area contributed by atoms with Gasteiger partial charge in [0.15, 0.2) is 0 Å². The Hall–Kier alpha value is -2.00. The molecule has 4 fully saturated rings. The number of rotatable bonds is 7. The topological polar surface area (TPSA) is 114 Å². The number of aromatic nitrogens is 3. The van der Waals surface area contributed by atoms with Gasteiger partial charge in [0.25, 0.3) is 0 Å². The fraction of sp³-hybridized carbons (Fsp3) is 0.810. The van der Waals surface area contributed by atoms with E-state index < -0.39 is 5.60 Å². The number of hydrogen-bond donors (Lipinski definition) is 4. The van der Waals surface area contributed by atoms with Crippen molar-refractivity contribution < 1.29 is 19.6 Å². The largest absolute Gasteiger partial charge is 0.383 e. The number of quaternary nitrogens is 1. The summed E-state index contributed by atoms with van der Waals surface area (Å²) >= 11 is 0. The summed E-state index contributed by atoms with van der Waals surface area (Å²) in [6.07, 6.45) is 8.83. The predicted octanol–water partition coefficient (Wildman–Crippen LogP) is -1.02. The number of nitrogens with zero attached hydrogens (tertiary/aromatic N) is 3. The molecule has 9 nitrogen and oxygen atoms in total. The zero-order valence-electron chi connectivity index (χ0n) is 17.9. The molecule has 3 aliphatic heterocycles. The molecule has 3 saturated heterocycles. The van der Waals surface area contributed by atoms with Crippen molar-refractivity contribution in [3.05, 3.63) is 11.9 Å². The van der Waals surface area contributed by atoms with E-state index in [0.717, 1.165) is 58.2 Å². The van der Waals surface area contributed by atoms with Crippen molar-refractivity contribution in [3.63, 3.8) is 0 Å². The highest BCUT2D eigenvalue weighted by Gasteiger charge is 2.46. The standard InChI is InChI=1S/C21H34N6O3/c1-15(28)22-8-9-23-20(29)18-13-26-10-5-16(18)11-17(26)12-27-14-19(24-25-27)21(30)6-3-2-4-7-21/h14,16-18,30H,2-13H2,1H3,(H,22,28)(H,23,29)/p+1/t16-,17-,18+/m1/s1. The zero-order chi connectivity index (χ0) is 21.1. The first kappa shape index (κ1) is 21.2. The molecule has 4 N–H and O–H groups in total. The van der Waals surface area contributed by atoms with Crippen molar-refractivity contribution in [2.75, 3.05) is 26.2 Å². The van der Waals surface area contributed by atoms with Crippen molar-refractivity contribution in [1.82, 2.24) is 25.6 Å². The minimum absolute atomic E-state index is 0.0524. The monoisotopic (exact) mass is 419 g/mol. The lowest BCUT2D eigenvalue weighted by molar-refractivity contribution is -0.945. The molecule has 1 saturated carbocycles. The van der Waals surface area contributed by atoms with Gasteiger partial charge in [-0.2, -0.15) is 0 Å². The number of aliphatic hydroxyl groups is 1. The van der Waals surface area contributed by atoms with Gasteiger partial charge in [0.1, 0.15) is 17.3 Å². The Bertz CT molecular complexity index is 760. The van der Waals surface area contributed by atoms with Gasteiger partial charge in [-0.3, -0.25) is 9.59 Å². The van der Waals surface area contributed by atoms with Crippen LogP contribution in [0.3, 0.4) is 0 Å². The van der Waals surface area contributed by atoms with Crippen LogP contribution in [0.1, 0.15) is 57.6 Å². The molecular weight excluding hydrogens is 384 g/mol. The van der Waals surface area contributed by atoms with Crippen LogP contribution in [0.2, 0.25) is 0 Å². The van der Waals surface area contributed by atoms with Crippen LogP contribution in [0.5, 0.6) is 0 Å². The highest BCUT2D eigenvalue weighted by Crippen LogP contribution is 2.35. The molecule has 0 radical (unpaired) electrons. The maximum Gasteiger partial charge on any atom is 0.229 e. The molecular formula is C21H35N6O3+. The third kappa shape index (κ3) is 4.67. The van der Waals surface area contributed by atoms with E-state index in [1.807, 2.05) is 10.9 Å². The van der Waals surface area contributed by atoms with Crippen molar-refractivity contribution >= 4 is 11.8 Å². The van der Waals surface area contributed by atoms with E-state index in [1.165, 1.54) is 18.2 Å². The van der Waals surface area contributed by atoms with Gasteiger partial charge >= 0.3 is 0 Å². The molecule has 4 atom stereocenters. The van der Waals surface area contributed by atoms with E-state index in [9.17, 15) is 14.7 Å². The Morgan fingerprint density at radius 1 is 1.27 bits per heavy atom. The van der Waals surface area contributed by atoms with Crippen LogP contribution < -0.4 is 15.5 Å². The molecule has 9 heteroatoms. The number of carbonyl (C=O) groups excluding carboxylic acids is 2. The third-order valence-electron chi connectivity index (χ3n) is 7.29. The van der Waals surface area contributed by atoms with Crippen molar-refractivity contribution in [3.8, 4) is 0 Å². The van der Waals surface area contributed by atoms with Crippen LogP contribution in [0, 0.1) is 11.8 Å². The maximum absolute atomic E-state index is 12.6.